The third-order valence-electron chi connectivity index (χ3n) is 2.78. The second kappa shape index (κ2) is 3.94. The van der Waals surface area contributed by atoms with Crippen molar-refractivity contribution in [1.29, 1.82) is 0 Å². The van der Waals surface area contributed by atoms with Gasteiger partial charge in [0.2, 0.25) is 5.91 Å². The molecule has 3 nitrogen and oxygen atoms in total. The van der Waals surface area contributed by atoms with Gasteiger partial charge in [-0.05, 0) is 17.7 Å². The van der Waals surface area contributed by atoms with Crippen LogP contribution in [0.5, 0.6) is 0 Å². The molecular formula is C14H11NO2. The molecule has 3 heteroatoms. The van der Waals surface area contributed by atoms with Gasteiger partial charge in [-0.25, -0.2) is 0 Å². The lowest BCUT2D eigenvalue weighted by molar-refractivity contribution is -0.118. The summed E-state index contributed by atoms with van der Waals surface area (Å²) in [6.45, 7) is 0. The predicted octanol–water partition coefficient (Wildman–Crippen LogP) is 2.67. The minimum absolute atomic E-state index is 0.00949. The van der Waals surface area contributed by atoms with Gasteiger partial charge in [-0.3, -0.25) is 4.79 Å². The summed E-state index contributed by atoms with van der Waals surface area (Å²) in [5.74, 6) is 0.762. The molecule has 0 saturated heterocycles. The summed E-state index contributed by atoms with van der Waals surface area (Å²) in [4.78, 5) is 11.5. The van der Waals surface area contributed by atoms with E-state index in [0.717, 1.165) is 22.6 Å². The molecule has 1 N–H and O–H groups in total. The maximum atomic E-state index is 11.5. The van der Waals surface area contributed by atoms with Crippen LogP contribution in [-0.4, -0.2) is 5.91 Å². The highest BCUT2D eigenvalue weighted by Crippen LogP contribution is 2.31. The summed E-state index contributed by atoms with van der Waals surface area (Å²) in [5.41, 5.74) is 2.78. The van der Waals surface area contributed by atoms with Gasteiger partial charge in [-0.1, -0.05) is 30.3 Å². The van der Waals surface area contributed by atoms with E-state index >= 15 is 0 Å². The highest BCUT2D eigenvalue weighted by molar-refractivity contribution is 6.08. The van der Waals surface area contributed by atoms with E-state index in [1.165, 1.54) is 0 Å². The molecular weight excluding hydrogens is 214 g/mol. The van der Waals surface area contributed by atoms with E-state index in [0.29, 0.717) is 6.42 Å². The van der Waals surface area contributed by atoms with Crippen LogP contribution in [0.25, 0.3) is 11.3 Å². The van der Waals surface area contributed by atoms with Crippen molar-refractivity contribution in [2.75, 3.05) is 0 Å². The number of carbonyl (C=O) groups excluding carboxylic acids is 1. The molecule has 1 aromatic heterocycles. The smallest absolute Gasteiger partial charge is 0.229 e. The number of amides is 1. The van der Waals surface area contributed by atoms with Crippen LogP contribution in [0.4, 0.5) is 0 Å². The molecule has 0 unspecified atom stereocenters. The fraction of sp³-hybridized carbons (Fsp3) is 0.0714. The van der Waals surface area contributed by atoms with Gasteiger partial charge in [-0.2, -0.15) is 0 Å². The third kappa shape index (κ3) is 1.76. The number of nitrogens with one attached hydrogen (secondary N) is 1. The maximum absolute atomic E-state index is 11.5. The van der Waals surface area contributed by atoms with Crippen LogP contribution in [0.15, 0.2) is 53.1 Å². The van der Waals surface area contributed by atoms with Crippen LogP contribution < -0.4 is 5.32 Å². The van der Waals surface area contributed by atoms with Gasteiger partial charge in [-0.15, -0.1) is 0 Å². The van der Waals surface area contributed by atoms with Gasteiger partial charge in [0.25, 0.3) is 0 Å². The Hall–Kier alpha value is -2.29. The van der Waals surface area contributed by atoms with E-state index in [1.807, 2.05) is 42.5 Å². The SMILES string of the molecule is O=C1CC(c2ccco2)=C(c2ccccc2)N1. The fourth-order valence-electron chi connectivity index (χ4n) is 2.02. The van der Waals surface area contributed by atoms with Crippen molar-refractivity contribution in [3.05, 3.63) is 60.1 Å². The van der Waals surface area contributed by atoms with Crippen molar-refractivity contribution in [1.82, 2.24) is 5.32 Å². The van der Waals surface area contributed by atoms with Crippen molar-refractivity contribution < 1.29 is 9.21 Å². The number of rotatable bonds is 2. The molecule has 3 rings (SSSR count). The molecule has 2 aromatic rings. The highest BCUT2D eigenvalue weighted by Gasteiger charge is 2.24. The molecule has 0 fully saturated rings. The molecule has 0 spiro atoms. The van der Waals surface area contributed by atoms with Crippen LogP contribution in [0, 0.1) is 0 Å². The van der Waals surface area contributed by atoms with Gasteiger partial charge in [0.1, 0.15) is 5.76 Å². The number of furan rings is 1. The highest BCUT2D eigenvalue weighted by atomic mass is 16.3. The minimum atomic E-state index is 0.00949. The fourth-order valence-corrected chi connectivity index (χ4v) is 2.02. The first-order valence-electron chi connectivity index (χ1n) is 5.47. The number of hydrogen-bond acceptors (Lipinski definition) is 2. The number of carbonyl (C=O) groups is 1. The molecule has 0 aliphatic carbocycles. The zero-order chi connectivity index (χ0) is 11.7. The summed E-state index contributed by atoms with van der Waals surface area (Å²) in [6, 6.07) is 13.5. The second-order valence-corrected chi connectivity index (χ2v) is 3.92. The Morgan fingerprint density at radius 2 is 1.88 bits per heavy atom. The van der Waals surface area contributed by atoms with Gasteiger partial charge in [0.05, 0.1) is 18.4 Å². The average Bonchev–Trinajstić information content (AvgIpc) is 2.98. The maximum Gasteiger partial charge on any atom is 0.229 e. The van der Waals surface area contributed by atoms with Gasteiger partial charge >= 0.3 is 0 Å². The third-order valence-corrected chi connectivity index (χ3v) is 2.78. The molecule has 1 aliphatic rings. The first-order chi connectivity index (χ1) is 8.34. The average molecular weight is 225 g/mol. The topological polar surface area (TPSA) is 42.2 Å². The Bertz CT molecular complexity index is 568. The van der Waals surface area contributed by atoms with E-state index in [1.54, 1.807) is 6.26 Å². The second-order valence-electron chi connectivity index (χ2n) is 3.92. The molecule has 2 heterocycles. The summed E-state index contributed by atoms with van der Waals surface area (Å²) in [6.07, 6.45) is 1.99. The van der Waals surface area contributed by atoms with Crippen molar-refractivity contribution >= 4 is 17.2 Å². The lowest BCUT2D eigenvalue weighted by atomic mass is 10.1. The van der Waals surface area contributed by atoms with E-state index < -0.39 is 0 Å². The van der Waals surface area contributed by atoms with Crippen LogP contribution in [0.2, 0.25) is 0 Å². The monoisotopic (exact) mass is 225 g/mol. The van der Waals surface area contributed by atoms with Crippen LogP contribution >= 0.6 is 0 Å². The Balaban J connectivity index is 2.11. The van der Waals surface area contributed by atoms with Crippen LogP contribution in [0.3, 0.4) is 0 Å². The zero-order valence-corrected chi connectivity index (χ0v) is 9.14. The lowest BCUT2D eigenvalue weighted by Crippen LogP contribution is -2.13. The molecule has 1 amide bonds. The molecule has 84 valence electrons. The van der Waals surface area contributed by atoms with Crippen molar-refractivity contribution in [2.45, 2.75) is 6.42 Å². The summed E-state index contributed by atoms with van der Waals surface area (Å²) in [5, 5.41) is 2.89. The molecule has 1 aromatic carbocycles. The molecule has 0 saturated carbocycles. The summed E-state index contributed by atoms with van der Waals surface area (Å²) in [7, 11) is 0. The molecule has 17 heavy (non-hydrogen) atoms. The summed E-state index contributed by atoms with van der Waals surface area (Å²) >= 11 is 0. The van der Waals surface area contributed by atoms with Crippen molar-refractivity contribution in [3.63, 3.8) is 0 Å². The largest absolute Gasteiger partial charge is 0.465 e. The first-order valence-corrected chi connectivity index (χ1v) is 5.47. The normalized spacial score (nSPS) is 15.2. The Kier molecular flexibility index (Phi) is 2.29. The number of hydrogen-bond donors (Lipinski definition) is 1. The van der Waals surface area contributed by atoms with Crippen molar-refractivity contribution in [3.8, 4) is 0 Å². The Morgan fingerprint density at radius 3 is 2.59 bits per heavy atom. The number of benzene rings is 1. The van der Waals surface area contributed by atoms with E-state index in [9.17, 15) is 4.79 Å². The molecule has 1 aliphatic heterocycles. The van der Waals surface area contributed by atoms with Crippen LogP contribution in [-0.2, 0) is 4.79 Å². The molecule has 0 bridgehead atoms. The molecule has 0 atom stereocenters. The standard InChI is InChI=1S/C14H11NO2/c16-13-9-11(12-7-4-8-17-12)14(15-13)10-5-2-1-3-6-10/h1-8H,9H2,(H,15,16). The first kappa shape index (κ1) is 9.90. The quantitative estimate of drug-likeness (QED) is 0.853. The summed E-state index contributed by atoms with van der Waals surface area (Å²) < 4.78 is 5.37. The van der Waals surface area contributed by atoms with E-state index in [2.05, 4.69) is 5.32 Å². The minimum Gasteiger partial charge on any atom is -0.465 e. The van der Waals surface area contributed by atoms with Crippen molar-refractivity contribution in [2.24, 2.45) is 0 Å². The van der Waals surface area contributed by atoms with Gasteiger partial charge in [0, 0.05) is 5.57 Å². The van der Waals surface area contributed by atoms with Gasteiger partial charge in [0.15, 0.2) is 0 Å². The predicted molar refractivity (Wildman–Crippen MR) is 64.7 cm³/mol. The van der Waals surface area contributed by atoms with E-state index in [4.69, 9.17) is 4.42 Å². The Labute approximate surface area is 98.8 Å². The molecule has 0 radical (unpaired) electrons. The lowest BCUT2D eigenvalue weighted by Gasteiger charge is -2.04. The van der Waals surface area contributed by atoms with E-state index in [-0.39, 0.29) is 5.91 Å². The zero-order valence-electron chi connectivity index (χ0n) is 9.14. The Morgan fingerprint density at radius 1 is 1.06 bits per heavy atom. The van der Waals surface area contributed by atoms with Crippen LogP contribution in [0.1, 0.15) is 17.7 Å². The van der Waals surface area contributed by atoms with Gasteiger partial charge < -0.3 is 9.73 Å².